The monoisotopic (exact) mass is 272 g/mol. The molecule has 0 aliphatic carbocycles. The maximum Gasteiger partial charge on any atom is 0.495 e. The Morgan fingerprint density at radius 3 is 2.25 bits per heavy atom. The van der Waals surface area contributed by atoms with Gasteiger partial charge in [0.05, 0.1) is 28.4 Å². The molecule has 1 aliphatic heterocycles. The minimum atomic E-state index is -0.712. The molecule has 1 saturated heterocycles. The Bertz CT molecular complexity index is 589. The fraction of sp³-hybridized carbons (Fsp3) is 0.429. The highest BCUT2D eigenvalue weighted by Crippen LogP contribution is 2.36. The third kappa shape index (κ3) is 2.19. The van der Waals surface area contributed by atoms with E-state index in [1.54, 1.807) is 18.2 Å². The Balaban J connectivity index is 2.51. The van der Waals surface area contributed by atoms with E-state index in [1.165, 1.54) is 0 Å². The van der Waals surface area contributed by atoms with Crippen LogP contribution in [0, 0.1) is 11.3 Å². The number of nitriles is 1. The van der Waals surface area contributed by atoms with Crippen molar-refractivity contribution in [3.05, 3.63) is 29.3 Å². The summed E-state index contributed by atoms with van der Waals surface area (Å²) in [4.78, 5) is 11.6. The van der Waals surface area contributed by atoms with Crippen molar-refractivity contribution in [1.29, 1.82) is 5.26 Å². The first-order valence-corrected chi connectivity index (χ1v) is 6.38. The number of benzene rings is 1. The topological polar surface area (TPSA) is 85.3 Å². The highest BCUT2D eigenvalue weighted by molar-refractivity contribution is 6.63. The van der Waals surface area contributed by atoms with Crippen molar-refractivity contribution < 1.29 is 14.1 Å². The molecule has 0 aromatic heterocycles. The second-order valence-electron chi connectivity index (χ2n) is 5.83. The first-order chi connectivity index (χ1) is 9.19. The van der Waals surface area contributed by atoms with Crippen molar-refractivity contribution in [2.75, 3.05) is 0 Å². The van der Waals surface area contributed by atoms with Gasteiger partial charge in [-0.05, 0) is 39.2 Å². The summed E-state index contributed by atoms with van der Waals surface area (Å²) >= 11 is 0. The molecule has 0 atom stereocenters. The van der Waals surface area contributed by atoms with Gasteiger partial charge < -0.3 is 15.0 Å². The molecule has 5 nitrogen and oxygen atoms in total. The van der Waals surface area contributed by atoms with E-state index in [4.69, 9.17) is 20.3 Å². The standard InChI is InChI=1S/C14H17BN2O3/c1-13(2)14(3,4)20-15(19-13)10-7-5-6-9(8-16)11(10)12(17)18/h5-7H,1-4H3,(H2,17,18). The summed E-state index contributed by atoms with van der Waals surface area (Å²) in [7, 11) is -0.712. The minimum absolute atomic E-state index is 0.161. The number of amides is 1. The lowest BCUT2D eigenvalue weighted by Crippen LogP contribution is -2.41. The van der Waals surface area contributed by atoms with E-state index in [1.807, 2.05) is 33.8 Å². The van der Waals surface area contributed by atoms with Crippen LogP contribution in [-0.4, -0.2) is 24.2 Å². The molecule has 6 heteroatoms. The first kappa shape index (κ1) is 14.6. The minimum Gasteiger partial charge on any atom is -0.399 e. The van der Waals surface area contributed by atoms with Crippen LogP contribution in [0.5, 0.6) is 0 Å². The Labute approximate surface area is 118 Å². The maximum atomic E-state index is 11.6. The van der Waals surface area contributed by atoms with Gasteiger partial charge in [-0.2, -0.15) is 5.26 Å². The number of carbonyl (C=O) groups excluding carboxylic acids is 1. The van der Waals surface area contributed by atoms with Crippen LogP contribution in [0.2, 0.25) is 0 Å². The molecule has 0 radical (unpaired) electrons. The van der Waals surface area contributed by atoms with E-state index < -0.39 is 24.2 Å². The van der Waals surface area contributed by atoms with Gasteiger partial charge in [-0.3, -0.25) is 4.79 Å². The quantitative estimate of drug-likeness (QED) is 0.812. The van der Waals surface area contributed by atoms with Crippen molar-refractivity contribution in [1.82, 2.24) is 0 Å². The Hall–Kier alpha value is -1.84. The molecule has 0 saturated carbocycles. The van der Waals surface area contributed by atoms with Crippen LogP contribution >= 0.6 is 0 Å². The molecular weight excluding hydrogens is 255 g/mol. The molecule has 1 aliphatic rings. The van der Waals surface area contributed by atoms with Gasteiger partial charge in [0.2, 0.25) is 5.91 Å². The molecule has 0 bridgehead atoms. The molecule has 0 unspecified atom stereocenters. The molecule has 2 rings (SSSR count). The second kappa shape index (κ2) is 4.62. The second-order valence-corrected chi connectivity index (χ2v) is 5.83. The van der Waals surface area contributed by atoms with E-state index in [9.17, 15) is 4.79 Å². The third-order valence-electron chi connectivity index (χ3n) is 3.97. The fourth-order valence-corrected chi connectivity index (χ4v) is 2.10. The van der Waals surface area contributed by atoms with E-state index in [2.05, 4.69) is 0 Å². The summed E-state index contributed by atoms with van der Waals surface area (Å²) in [5, 5.41) is 9.10. The summed E-state index contributed by atoms with van der Waals surface area (Å²) in [6.45, 7) is 7.69. The summed E-state index contributed by atoms with van der Waals surface area (Å²) < 4.78 is 11.8. The zero-order valence-electron chi connectivity index (χ0n) is 12.1. The highest BCUT2D eigenvalue weighted by Gasteiger charge is 2.52. The van der Waals surface area contributed by atoms with Crippen LogP contribution < -0.4 is 11.2 Å². The number of hydrogen-bond acceptors (Lipinski definition) is 4. The van der Waals surface area contributed by atoms with Crippen LogP contribution in [0.1, 0.15) is 43.6 Å². The van der Waals surface area contributed by atoms with Gasteiger partial charge in [0, 0.05) is 0 Å². The smallest absolute Gasteiger partial charge is 0.399 e. The number of nitrogens with zero attached hydrogens (tertiary/aromatic N) is 1. The van der Waals surface area contributed by atoms with E-state index in [0.29, 0.717) is 5.46 Å². The van der Waals surface area contributed by atoms with E-state index in [0.717, 1.165) is 0 Å². The molecule has 1 aromatic rings. The first-order valence-electron chi connectivity index (χ1n) is 6.38. The van der Waals surface area contributed by atoms with Gasteiger partial charge in [0.15, 0.2) is 0 Å². The molecule has 1 amide bonds. The van der Waals surface area contributed by atoms with Crippen molar-refractivity contribution >= 4 is 18.5 Å². The predicted octanol–water partition coefficient (Wildman–Crippen LogP) is 0.956. The zero-order chi connectivity index (χ0) is 15.1. The molecule has 1 fully saturated rings. The van der Waals surface area contributed by atoms with Gasteiger partial charge in [0.25, 0.3) is 0 Å². The van der Waals surface area contributed by atoms with Crippen molar-refractivity contribution in [3.63, 3.8) is 0 Å². The third-order valence-corrected chi connectivity index (χ3v) is 3.97. The predicted molar refractivity (Wildman–Crippen MR) is 75.4 cm³/mol. The zero-order valence-corrected chi connectivity index (χ0v) is 12.1. The van der Waals surface area contributed by atoms with Crippen molar-refractivity contribution in [2.24, 2.45) is 5.73 Å². The molecular formula is C14H17BN2O3. The van der Waals surface area contributed by atoms with Gasteiger partial charge >= 0.3 is 7.12 Å². The number of nitrogens with two attached hydrogens (primary N) is 1. The van der Waals surface area contributed by atoms with Crippen LogP contribution in [-0.2, 0) is 9.31 Å². The number of primary amides is 1. The Morgan fingerprint density at radius 2 is 1.80 bits per heavy atom. The SMILES string of the molecule is CC1(C)OB(c2cccc(C#N)c2C(N)=O)OC1(C)C. The summed E-state index contributed by atoms with van der Waals surface area (Å²) in [5.41, 5.74) is 5.24. The maximum absolute atomic E-state index is 11.6. The lowest BCUT2D eigenvalue weighted by atomic mass is 9.74. The van der Waals surface area contributed by atoms with Crippen LogP contribution in [0.15, 0.2) is 18.2 Å². The van der Waals surface area contributed by atoms with Crippen LogP contribution in [0.25, 0.3) is 0 Å². The molecule has 20 heavy (non-hydrogen) atoms. The molecule has 2 N–H and O–H groups in total. The fourth-order valence-electron chi connectivity index (χ4n) is 2.10. The number of hydrogen-bond donors (Lipinski definition) is 1. The van der Waals surface area contributed by atoms with Crippen molar-refractivity contribution in [2.45, 2.75) is 38.9 Å². The number of rotatable bonds is 2. The summed E-state index contributed by atoms with van der Waals surface area (Å²) in [6, 6.07) is 6.90. The van der Waals surface area contributed by atoms with Gasteiger partial charge in [-0.15, -0.1) is 0 Å². The highest BCUT2D eigenvalue weighted by atomic mass is 16.7. The number of carbonyl (C=O) groups is 1. The Morgan fingerprint density at radius 1 is 1.25 bits per heavy atom. The van der Waals surface area contributed by atoms with E-state index in [-0.39, 0.29) is 11.1 Å². The molecule has 1 aromatic carbocycles. The lowest BCUT2D eigenvalue weighted by molar-refractivity contribution is 0.00578. The van der Waals surface area contributed by atoms with Gasteiger partial charge in [-0.1, -0.05) is 12.1 Å². The summed E-state index contributed by atoms with van der Waals surface area (Å²) in [6.07, 6.45) is 0. The van der Waals surface area contributed by atoms with Crippen molar-refractivity contribution in [3.8, 4) is 6.07 Å². The average molecular weight is 272 g/mol. The van der Waals surface area contributed by atoms with Gasteiger partial charge in [0.1, 0.15) is 0 Å². The Kier molecular flexibility index (Phi) is 3.36. The summed E-state index contributed by atoms with van der Waals surface area (Å²) in [5.74, 6) is -0.660. The largest absolute Gasteiger partial charge is 0.495 e. The van der Waals surface area contributed by atoms with E-state index >= 15 is 0 Å². The molecule has 1 heterocycles. The van der Waals surface area contributed by atoms with Gasteiger partial charge in [-0.25, -0.2) is 0 Å². The van der Waals surface area contributed by atoms with Crippen LogP contribution in [0.3, 0.4) is 0 Å². The van der Waals surface area contributed by atoms with Crippen LogP contribution in [0.4, 0.5) is 0 Å². The average Bonchev–Trinajstić information content (AvgIpc) is 2.57. The molecule has 0 spiro atoms. The lowest BCUT2D eigenvalue weighted by Gasteiger charge is -2.32. The molecule has 104 valence electrons. The normalized spacial score (nSPS) is 19.6.